The second-order valence-electron chi connectivity index (χ2n) is 9.79. The molecule has 4 heteroatoms. The fourth-order valence-corrected chi connectivity index (χ4v) is 4.95. The number of benzene rings is 3. The minimum Gasteiger partial charge on any atom is -0.396 e. The van der Waals surface area contributed by atoms with Gasteiger partial charge in [-0.05, 0) is 61.3 Å². The number of aliphatic imine (C=N–C) groups is 1. The monoisotopic (exact) mass is 522 g/mol. The molecular weight excluding hydrogens is 488 g/mol. The van der Waals surface area contributed by atoms with E-state index in [0.29, 0.717) is 0 Å². The summed E-state index contributed by atoms with van der Waals surface area (Å²) in [6.45, 7) is 10.8. The molecule has 0 atom stereocenters. The minimum atomic E-state index is 0.743. The maximum Gasteiger partial charge on any atom is 0.0967 e. The largest absolute Gasteiger partial charge is 0.396 e. The molecule has 0 bridgehead atoms. The SMILES string of the molecule is C=CC(/N=C(\C)c1ccc(-c2ccc(-c3nc4ccccc4c(N)c3N3C=CC=CC3)cc2)cc1)=C(C)\C=C/C. The summed E-state index contributed by atoms with van der Waals surface area (Å²) in [6.07, 6.45) is 14.1. The van der Waals surface area contributed by atoms with Gasteiger partial charge in [0.2, 0.25) is 0 Å². The first-order chi connectivity index (χ1) is 19.5. The van der Waals surface area contributed by atoms with E-state index in [2.05, 4.69) is 72.3 Å². The Labute approximate surface area is 236 Å². The second kappa shape index (κ2) is 11.8. The predicted octanol–water partition coefficient (Wildman–Crippen LogP) is 8.89. The highest BCUT2D eigenvalue weighted by Crippen LogP contribution is 2.40. The van der Waals surface area contributed by atoms with Gasteiger partial charge in [-0.1, -0.05) is 97.6 Å². The molecule has 0 saturated carbocycles. The Balaban J connectivity index is 1.47. The molecule has 2 heterocycles. The molecule has 0 radical (unpaired) electrons. The lowest BCUT2D eigenvalue weighted by Gasteiger charge is -2.26. The molecule has 1 aromatic heterocycles. The van der Waals surface area contributed by atoms with Crippen LogP contribution in [0, 0.1) is 0 Å². The lowest BCUT2D eigenvalue weighted by molar-refractivity contribution is 1.07. The van der Waals surface area contributed by atoms with E-state index in [-0.39, 0.29) is 0 Å². The van der Waals surface area contributed by atoms with Gasteiger partial charge in [-0.2, -0.15) is 0 Å². The van der Waals surface area contributed by atoms with E-state index in [1.165, 1.54) is 0 Å². The zero-order chi connectivity index (χ0) is 28.1. The normalized spacial score (nSPS) is 14.2. The van der Waals surface area contributed by atoms with Gasteiger partial charge in [-0.3, -0.25) is 4.99 Å². The van der Waals surface area contributed by atoms with E-state index in [4.69, 9.17) is 15.7 Å². The van der Waals surface area contributed by atoms with Gasteiger partial charge >= 0.3 is 0 Å². The lowest BCUT2D eigenvalue weighted by Crippen LogP contribution is -2.20. The Morgan fingerprint density at radius 2 is 1.60 bits per heavy atom. The highest BCUT2D eigenvalue weighted by Gasteiger charge is 2.19. The molecular formula is C36H34N4. The third-order valence-corrected chi connectivity index (χ3v) is 7.10. The van der Waals surface area contributed by atoms with Crippen LogP contribution in [0.5, 0.6) is 0 Å². The van der Waals surface area contributed by atoms with E-state index >= 15 is 0 Å². The smallest absolute Gasteiger partial charge is 0.0967 e. The van der Waals surface area contributed by atoms with E-state index in [1.807, 2.05) is 69.3 Å². The third kappa shape index (κ3) is 5.43. The number of hydrogen-bond acceptors (Lipinski definition) is 4. The van der Waals surface area contributed by atoms with Gasteiger partial charge in [0.15, 0.2) is 0 Å². The van der Waals surface area contributed by atoms with Crippen molar-refractivity contribution >= 4 is 28.0 Å². The molecule has 1 aliphatic rings. The van der Waals surface area contributed by atoms with Gasteiger partial charge in [0.05, 0.1) is 28.3 Å². The molecule has 40 heavy (non-hydrogen) atoms. The quantitative estimate of drug-likeness (QED) is 0.195. The number of pyridine rings is 1. The van der Waals surface area contributed by atoms with Crippen molar-refractivity contribution in [2.45, 2.75) is 20.8 Å². The second-order valence-corrected chi connectivity index (χ2v) is 9.79. The molecule has 5 rings (SSSR count). The Hall–Kier alpha value is -4.96. The molecule has 4 nitrogen and oxygen atoms in total. The molecule has 0 aliphatic carbocycles. The number of allylic oxidation sites excluding steroid dienone is 6. The summed E-state index contributed by atoms with van der Waals surface area (Å²) in [5.74, 6) is 0. The van der Waals surface area contributed by atoms with E-state index in [1.54, 1.807) is 6.08 Å². The Kier molecular flexibility index (Phi) is 7.88. The van der Waals surface area contributed by atoms with Crippen LogP contribution in [0.1, 0.15) is 26.3 Å². The predicted molar refractivity (Wildman–Crippen MR) is 173 cm³/mol. The summed E-state index contributed by atoms with van der Waals surface area (Å²) in [4.78, 5) is 12.0. The van der Waals surface area contributed by atoms with Crippen LogP contribution in [0.2, 0.25) is 0 Å². The van der Waals surface area contributed by atoms with Crippen molar-refractivity contribution < 1.29 is 0 Å². The summed E-state index contributed by atoms with van der Waals surface area (Å²) in [7, 11) is 0. The number of nitrogens with two attached hydrogens (primary N) is 1. The third-order valence-electron chi connectivity index (χ3n) is 7.10. The van der Waals surface area contributed by atoms with Gasteiger partial charge < -0.3 is 10.6 Å². The molecule has 4 aromatic rings. The van der Waals surface area contributed by atoms with Gasteiger partial charge in [-0.15, -0.1) is 0 Å². The first-order valence-electron chi connectivity index (χ1n) is 13.5. The maximum absolute atomic E-state index is 6.76. The van der Waals surface area contributed by atoms with E-state index in [9.17, 15) is 0 Å². The average molecular weight is 523 g/mol. The molecule has 2 N–H and O–H groups in total. The molecule has 0 fully saturated rings. The van der Waals surface area contributed by atoms with Crippen molar-refractivity contribution in [1.82, 2.24) is 4.98 Å². The van der Waals surface area contributed by atoms with Crippen LogP contribution in [-0.2, 0) is 0 Å². The van der Waals surface area contributed by atoms with Crippen molar-refractivity contribution in [3.8, 4) is 22.4 Å². The van der Waals surface area contributed by atoms with Crippen LogP contribution in [0.15, 0.2) is 138 Å². The van der Waals surface area contributed by atoms with Gasteiger partial charge in [0.1, 0.15) is 0 Å². The van der Waals surface area contributed by atoms with Crippen molar-refractivity contribution in [3.05, 3.63) is 139 Å². The van der Waals surface area contributed by atoms with Gasteiger partial charge in [-0.25, -0.2) is 4.98 Å². The Bertz CT molecular complexity index is 1700. The van der Waals surface area contributed by atoms with Gasteiger partial charge in [0.25, 0.3) is 0 Å². The lowest BCUT2D eigenvalue weighted by atomic mass is 9.99. The number of para-hydroxylation sites is 1. The highest BCUT2D eigenvalue weighted by atomic mass is 15.1. The van der Waals surface area contributed by atoms with Crippen LogP contribution < -0.4 is 10.6 Å². The summed E-state index contributed by atoms with van der Waals surface area (Å²) < 4.78 is 0. The standard InChI is InChI=1S/C36H34N4/c1-5-12-25(3)32(6-2)38-26(4)27-15-17-28(18-16-27)29-19-21-30(22-20-29)35-36(40-23-10-7-11-24-40)34(37)31-13-8-9-14-33(31)39-35/h5-23H,2,24H2,1,3-4H3,(H2,37,39)/b12-5-,32-25+,38-26+. The van der Waals surface area contributed by atoms with E-state index < -0.39 is 0 Å². The molecule has 198 valence electrons. The van der Waals surface area contributed by atoms with Crippen LogP contribution in [-0.4, -0.2) is 17.2 Å². The molecule has 1 aliphatic heterocycles. The summed E-state index contributed by atoms with van der Waals surface area (Å²) in [5.41, 5.74) is 17.5. The highest BCUT2D eigenvalue weighted by molar-refractivity contribution is 6.03. The van der Waals surface area contributed by atoms with Crippen LogP contribution >= 0.6 is 0 Å². The number of fused-ring (bicyclic) bond motifs is 1. The Morgan fingerprint density at radius 3 is 2.25 bits per heavy atom. The van der Waals surface area contributed by atoms with Crippen molar-refractivity contribution in [1.29, 1.82) is 0 Å². The molecule has 0 spiro atoms. The summed E-state index contributed by atoms with van der Waals surface area (Å²) in [6, 6.07) is 25.1. The number of rotatable bonds is 7. The number of anilines is 2. The summed E-state index contributed by atoms with van der Waals surface area (Å²) in [5, 5.41) is 0.965. The average Bonchev–Trinajstić information content (AvgIpc) is 3.00. The molecule has 0 amide bonds. The van der Waals surface area contributed by atoms with E-state index in [0.717, 1.165) is 73.8 Å². The van der Waals surface area contributed by atoms with Crippen molar-refractivity contribution in [2.75, 3.05) is 17.2 Å². The number of hydrogen-bond donors (Lipinski definition) is 1. The fraction of sp³-hybridized carbons (Fsp3) is 0.111. The first-order valence-corrected chi connectivity index (χ1v) is 13.5. The maximum atomic E-state index is 6.76. The van der Waals surface area contributed by atoms with Gasteiger partial charge in [0, 0.05) is 29.4 Å². The molecule has 0 unspecified atom stereocenters. The zero-order valence-electron chi connectivity index (χ0n) is 23.3. The topological polar surface area (TPSA) is 54.5 Å². The molecule has 0 saturated heterocycles. The minimum absolute atomic E-state index is 0.743. The fourth-order valence-electron chi connectivity index (χ4n) is 4.95. The molecule has 3 aromatic carbocycles. The summed E-state index contributed by atoms with van der Waals surface area (Å²) >= 11 is 0. The van der Waals surface area contributed by atoms with Crippen LogP contribution in [0.3, 0.4) is 0 Å². The number of aromatic nitrogens is 1. The van der Waals surface area contributed by atoms with Crippen molar-refractivity contribution in [2.24, 2.45) is 4.99 Å². The van der Waals surface area contributed by atoms with Crippen molar-refractivity contribution in [3.63, 3.8) is 0 Å². The number of nitrogen functional groups attached to an aromatic ring is 1. The van der Waals surface area contributed by atoms with Crippen LogP contribution in [0.25, 0.3) is 33.3 Å². The Morgan fingerprint density at radius 1 is 0.925 bits per heavy atom. The number of nitrogens with zero attached hydrogens (tertiary/aromatic N) is 3. The van der Waals surface area contributed by atoms with Crippen LogP contribution in [0.4, 0.5) is 11.4 Å². The first kappa shape index (κ1) is 26.6. The zero-order valence-corrected chi connectivity index (χ0v) is 23.3.